The van der Waals surface area contributed by atoms with Crippen LogP contribution in [0.4, 0.5) is 0 Å². The number of hydrogen-bond donors (Lipinski definition) is 0. The van der Waals surface area contributed by atoms with E-state index in [1.54, 1.807) is 0 Å². The highest BCUT2D eigenvalue weighted by Gasteiger charge is 1.90. The minimum atomic E-state index is 0.792. The molecule has 0 aliphatic rings. The number of carbonyl (C=O) groups excluding carboxylic acids is 1. The van der Waals surface area contributed by atoms with E-state index >= 15 is 0 Å². The van der Waals surface area contributed by atoms with Gasteiger partial charge >= 0.3 is 0 Å². The highest BCUT2D eigenvalue weighted by atomic mass is 16.1. The monoisotopic (exact) mass is 174 g/mol. The molecular formula is C12H14O. The Morgan fingerprint density at radius 3 is 2.46 bits per heavy atom. The lowest BCUT2D eigenvalue weighted by Gasteiger charge is -1.98. The topological polar surface area (TPSA) is 17.1 Å². The van der Waals surface area contributed by atoms with Gasteiger partial charge in [-0.25, -0.2) is 0 Å². The van der Waals surface area contributed by atoms with Crippen LogP contribution in [0.25, 0.3) is 6.08 Å². The van der Waals surface area contributed by atoms with Crippen molar-refractivity contribution in [2.45, 2.75) is 19.8 Å². The van der Waals surface area contributed by atoms with Gasteiger partial charge < -0.3 is 0 Å². The summed E-state index contributed by atoms with van der Waals surface area (Å²) in [4.78, 5) is 10.1. The van der Waals surface area contributed by atoms with Crippen molar-refractivity contribution in [3.63, 3.8) is 0 Å². The summed E-state index contributed by atoms with van der Waals surface area (Å²) in [5.74, 6) is 0. The molecule has 0 unspecified atom stereocenters. The van der Waals surface area contributed by atoms with Gasteiger partial charge in [0, 0.05) is 0 Å². The minimum absolute atomic E-state index is 0.792. The fourth-order valence-electron chi connectivity index (χ4n) is 1.23. The van der Waals surface area contributed by atoms with Crippen molar-refractivity contribution in [2.24, 2.45) is 0 Å². The molecule has 0 radical (unpaired) electrons. The van der Waals surface area contributed by atoms with Crippen LogP contribution in [0.3, 0.4) is 0 Å². The predicted molar refractivity (Wildman–Crippen MR) is 55.5 cm³/mol. The van der Waals surface area contributed by atoms with Crippen LogP contribution in [-0.2, 0) is 11.2 Å². The number of carbonyl (C=O) groups is 1. The average molecular weight is 174 g/mol. The summed E-state index contributed by atoms with van der Waals surface area (Å²) in [6.45, 7) is 2.17. The van der Waals surface area contributed by atoms with Gasteiger partial charge in [0.15, 0.2) is 0 Å². The average Bonchev–Trinajstić information content (AvgIpc) is 2.17. The Labute approximate surface area is 79.1 Å². The van der Waals surface area contributed by atoms with Crippen LogP contribution in [0.1, 0.15) is 24.5 Å². The molecule has 0 fully saturated rings. The Balaban J connectivity index is 2.69. The summed E-state index contributed by atoms with van der Waals surface area (Å²) < 4.78 is 0. The smallest absolute Gasteiger partial charge is 0.142 e. The molecule has 0 spiro atoms. The molecule has 1 aromatic rings. The molecule has 1 nitrogen and oxygen atoms in total. The van der Waals surface area contributed by atoms with Gasteiger partial charge in [0.25, 0.3) is 0 Å². The molecule has 0 amide bonds. The molecule has 0 N–H and O–H groups in total. The van der Waals surface area contributed by atoms with E-state index in [1.165, 1.54) is 18.1 Å². The van der Waals surface area contributed by atoms with Crippen LogP contribution in [0.15, 0.2) is 30.3 Å². The second kappa shape index (κ2) is 5.31. The van der Waals surface area contributed by atoms with E-state index in [0.29, 0.717) is 0 Å². The molecule has 0 heterocycles. The van der Waals surface area contributed by atoms with Gasteiger partial charge in [0.05, 0.1) is 0 Å². The molecule has 0 atom stereocenters. The highest BCUT2D eigenvalue weighted by Crippen LogP contribution is 2.07. The van der Waals surface area contributed by atoms with Gasteiger partial charge in [0.1, 0.15) is 6.29 Å². The number of hydrogen-bond acceptors (Lipinski definition) is 1. The largest absolute Gasteiger partial charge is 0.299 e. The fraction of sp³-hybridized carbons (Fsp3) is 0.250. The predicted octanol–water partition coefficient (Wildman–Crippen LogP) is 2.85. The van der Waals surface area contributed by atoms with Crippen molar-refractivity contribution in [2.75, 3.05) is 0 Å². The zero-order chi connectivity index (χ0) is 9.52. The van der Waals surface area contributed by atoms with Crippen molar-refractivity contribution in [1.29, 1.82) is 0 Å². The third-order valence-corrected chi connectivity index (χ3v) is 1.89. The third kappa shape index (κ3) is 3.24. The first-order valence-electron chi connectivity index (χ1n) is 4.57. The molecule has 0 saturated carbocycles. The van der Waals surface area contributed by atoms with Crippen LogP contribution in [-0.4, -0.2) is 6.29 Å². The van der Waals surface area contributed by atoms with Gasteiger partial charge in [-0.3, -0.25) is 4.79 Å². The summed E-state index contributed by atoms with van der Waals surface area (Å²) in [5, 5.41) is 0. The van der Waals surface area contributed by atoms with Crippen LogP contribution >= 0.6 is 0 Å². The number of benzene rings is 1. The second-order valence-electron chi connectivity index (χ2n) is 2.99. The number of allylic oxidation sites excluding steroid dienone is 1. The summed E-state index contributed by atoms with van der Waals surface area (Å²) in [5.41, 5.74) is 2.43. The lowest BCUT2D eigenvalue weighted by molar-refractivity contribution is -0.104. The van der Waals surface area contributed by atoms with E-state index in [2.05, 4.69) is 19.1 Å². The first kappa shape index (κ1) is 9.72. The first-order valence-corrected chi connectivity index (χ1v) is 4.57. The molecule has 13 heavy (non-hydrogen) atoms. The van der Waals surface area contributed by atoms with Crippen LogP contribution in [0.2, 0.25) is 0 Å². The van der Waals surface area contributed by atoms with E-state index < -0.39 is 0 Å². The maximum absolute atomic E-state index is 10.1. The number of aryl methyl sites for hydroxylation is 1. The standard InChI is InChI=1S/C12H14O/c1-2-4-11-6-8-12(9-7-11)5-3-10-13/h3,5-10H,2,4H2,1H3. The van der Waals surface area contributed by atoms with Crippen molar-refractivity contribution in [1.82, 2.24) is 0 Å². The fourth-order valence-corrected chi connectivity index (χ4v) is 1.23. The lowest BCUT2D eigenvalue weighted by Crippen LogP contribution is -1.82. The molecule has 0 aliphatic heterocycles. The van der Waals surface area contributed by atoms with Gasteiger partial charge in [-0.1, -0.05) is 43.7 Å². The van der Waals surface area contributed by atoms with Gasteiger partial charge in [0.2, 0.25) is 0 Å². The number of aldehydes is 1. The molecule has 1 aromatic carbocycles. The van der Waals surface area contributed by atoms with Crippen LogP contribution in [0.5, 0.6) is 0 Å². The van der Waals surface area contributed by atoms with E-state index in [1.807, 2.05) is 18.2 Å². The van der Waals surface area contributed by atoms with E-state index in [0.717, 1.165) is 18.3 Å². The molecule has 1 rings (SSSR count). The normalized spacial score (nSPS) is 10.5. The Hall–Kier alpha value is -1.37. The molecule has 0 aromatic heterocycles. The molecule has 1 heteroatoms. The Bertz CT molecular complexity index is 282. The second-order valence-corrected chi connectivity index (χ2v) is 2.99. The third-order valence-electron chi connectivity index (χ3n) is 1.89. The molecule has 0 bridgehead atoms. The highest BCUT2D eigenvalue weighted by molar-refractivity contribution is 5.73. The molecule has 0 saturated heterocycles. The summed E-state index contributed by atoms with van der Waals surface area (Å²) in [7, 11) is 0. The summed E-state index contributed by atoms with van der Waals surface area (Å²) in [6.07, 6.45) is 6.40. The maximum atomic E-state index is 10.1. The van der Waals surface area contributed by atoms with Gasteiger partial charge in [-0.05, 0) is 23.6 Å². The molecule has 0 aliphatic carbocycles. The van der Waals surface area contributed by atoms with Crippen molar-refractivity contribution < 1.29 is 4.79 Å². The van der Waals surface area contributed by atoms with E-state index in [9.17, 15) is 4.79 Å². The minimum Gasteiger partial charge on any atom is -0.299 e. The SMILES string of the molecule is CCCc1ccc(C=CC=O)cc1. The van der Waals surface area contributed by atoms with Crippen LogP contribution in [0, 0.1) is 0 Å². The van der Waals surface area contributed by atoms with E-state index in [-0.39, 0.29) is 0 Å². The quantitative estimate of drug-likeness (QED) is 0.506. The Morgan fingerprint density at radius 2 is 1.92 bits per heavy atom. The van der Waals surface area contributed by atoms with Crippen molar-refractivity contribution in [3.05, 3.63) is 41.5 Å². The lowest BCUT2D eigenvalue weighted by atomic mass is 10.1. The van der Waals surface area contributed by atoms with E-state index in [4.69, 9.17) is 0 Å². The van der Waals surface area contributed by atoms with Crippen LogP contribution < -0.4 is 0 Å². The Kier molecular flexibility index (Phi) is 3.97. The Morgan fingerprint density at radius 1 is 1.23 bits per heavy atom. The van der Waals surface area contributed by atoms with Gasteiger partial charge in [-0.2, -0.15) is 0 Å². The number of rotatable bonds is 4. The summed E-state index contributed by atoms with van der Waals surface area (Å²) in [6, 6.07) is 8.28. The zero-order valence-electron chi connectivity index (χ0n) is 7.86. The van der Waals surface area contributed by atoms with Crippen molar-refractivity contribution in [3.8, 4) is 0 Å². The molecular weight excluding hydrogens is 160 g/mol. The molecule has 68 valence electrons. The zero-order valence-corrected chi connectivity index (χ0v) is 7.86. The summed E-state index contributed by atoms with van der Waals surface area (Å²) >= 11 is 0. The maximum Gasteiger partial charge on any atom is 0.142 e. The first-order chi connectivity index (χ1) is 6.36. The van der Waals surface area contributed by atoms with Gasteiger partial charge in [-0.15, -0.1) is 0 Å². The van der Waals surface area contributed by atoms with Crippen molar-refractivity contribution >= 4 is 12.4 Å².